The Morgan fingerprint density at radius 1 is 0.960 bits per heavy atom. The van der Waals surface area contributed by atoms with Crippen molar-refractivity contribution in [1.29, 1.82) is 0 Å². The second-order valence-electron chi connectivity index (χ2n) is 5.71. The third-order valence-corrected chi connectivity index (χ3v) is 3.41. The van der Waals surface area contributed by atoms with Gasteiger partial charge in [-0.05, 0) is 42.0 Å². The maximum absolute atomic E-state index is 12.3. The Bertz CT molecular complexity index is 750. The quantitative estimate of drug-likeness (QED) is 0.624. The van der Waals surface area contributed by atoms with Gasteiger partial charge in [-0.15, -0.1) is 0 Å². The molecule has 130 valence electrons. The summed E-state index contributed by atoms with van der Waals surface area (Å²) in [6.45, 7) is 3.66. The van der Waals surface area contributed by atoms with Crippen molar-refractivity contribution in [3.8, 4) is 0 Å². The molecule has 0 saturated carbocycles. The highest BCUT2D eigenvalue weighted by molar-refractivity contribution is 6.04. The molecular formula is C19H21N3O3. The number of benzene rings is 2. The number of hydrogen-bond acceptors (Lipinski definition) is 4. The smallest absolute Gasteiger partial charge is 0.255 e. The second-order valence-corrected chi connectivity index (χ2v) is 5.71. The van der Waals surface area contributed by atoms with Crippen LogP contribution in [0.5, 0.6) is 0 Å². The third-order valence-electron chi connectivity index (χ3n) is 3.41. The van der Waals surface area contributed by atoms with E-state index in [1.165, 1.54) is 7.11 Å². The number of carbonyl (C=O) groups excluding carboxylic acids is 2. The molecule has 0 spiro atoms. The van der Waals surface area contributed by atoms with E-state index in [9.17, 15) is 9.59 Å². The van der Waals surface area contributed by atoms with Crippen molar-refractivity contribution in [3.05, 3.63) is 59.7 Å². The van der Waals surface area contributed by atoms with Gasteiger partial charge in [0.25, 0.3) is 5.91 Å². The molecular weight excluding hydrogens is 318 g/mol. The Morgan fingerprint density at radius 3 is 2.04 bits per heavy atom. The van der Waals surface area contributed by atoms with Gasteiger partial charge in [0.15, 0.2) is 0 Å². The molecule has 2 N–H and O–H groups in total. The van der Waals surface area contributed by atoms with Gasteiger partial charge in [-0.25, -0.2) is 0 Å². The Kier molecular flexibility index (Phi) is 6.28. The van der Waals surface area contributed by atoms with Gasteiger partial charge in [-0.2, -0.15) is 0 Å². The summed E-state index contributed by atoms with van der Waals surface area (Å²) >= 11 is 0. The molecule has 0 aromatic heterocycles. The van der Waals surface area contributed by atoms with E-state index in [1.54, 1.807) is 54.7 Å². The largest absolute Gasteiger partial charge is 0.399 e. The summed E-state index contributed by atoms with van der Waals surface area (Å²) in [6, 6.07) is 14.0. The molecule has 2 amide bonds. The summed E-state index contributed by atoms with van der Waals surface area (Å²) in [4.78, 5) is 28.5. The lowest BCUT2D eigenvalue weighted by Crippen LogP contribution is -2.17. The Morgan fingerprint density at radius 2 is 1.52 bits per heavy atom. The van der Waals surface area contributed by atoms with E-state index < -0.39 is 0 Å². The molecule has 6 nitrogen and oxygen atoms in total. The monoisotopic (exact) mass is 339 g/mol. The average Bonchev–Trinajstić information content (AvgIpc) is 2.61. The van der Waals surface area contributed by atoms with Gasteiger partial charge in [0.2, 0.25) is 5.91 Å². The normalized spacial score (nSPS) is 10.7. The van der Waals surface area contributed by atoms with Crippen LogP contribution in [0.3, 0.4) is 0 Å². The van der Waals surface area contributed by atoms with E-state index in [2.05, 4.69) is 20.6 Å². The molecule has 0 bridgehead atoms. The van der Waals surface area contributed by atoms with Gasteiger partial charge in [-0.1, -0.05) is 31.1 Å². The molecule has 0 radical (unpaired) electrons. The van der Waals surface area contributed by atoms with E-state index in [0.717, 1.165) is 5.56 Å². The van der Waals surface area contributed by atoms with Crippen LogP contribution in [0.15, 0.2) is 53.7 Å². The van der Waals surface area contributed by atoms with Crippen molar-refractivity contribution in [3.63, 3.8) is 0 Å². The highest BCUT2D eigenvalue weighted by Gasteiger charge is 2.08. The molecule has 0 fully saturated rings. The Labute approximate surface area is 146 Å². The van der Waals surface area contributed by atoms with Gasteiger partial charge in [0, 0.05) is 22.9 Å². The van der Waals surface area contributed by atoms with Gasteiger partial charge in [0.1, 0.15) is 7.11 Å². The van der Waals surface area contributed by atoms with Crippen molar-refractivity contribution in [2.45, 2.75) is 13.8 Å². The lowest BCUT2D eigenvalue weighted by atomic mass is 10.1. The van der Waals surface area contributed by atoms with Gasteiger partial charge < -0.3 is 15.5 Å². The Hall–Kier alpha value is -3.15. The van der Waals surface area contributed by atoms with Gasteiger partial charge in [-0.3, -0.25) is 9.59 Å². The second kappa shape index (κ2) is 8.63. The lowest BCUT2D eigenvalue weighted by Gasteiger charge is -2.09. The van der Waals surface area contributed by atoms with Crippen LogP contribution in [0.25, 0.3) is 0 Å². The maximum atomic E-state index is 12.3. The minimum atomic E-state index is -0.214. The third kappa shape index (κ3) is 5.46. The van der Waals surface area contributed by atoms with Crippen molar-refractivity contribution >= 4 is 29.4 Å². The molecule has 0 aliphatic carbocycles. The summed E-state index contributed by atoms with van der Waals surface area (Å²) in [7, 11) is 1.47. The van der Waals surface area contributed by atoms with Crippen molar-refractivity contribution in [2.24, 2.45) is 11.1 Å². The molecule has 2 aromatic rings. The fraction of sp³-hybridized carbons (Fsp3) is 0.211. The topological polar surface area (TPSA) is 79.8 Å². The first kappa shape index (κ1) is 18.2. The number of rotatable bonds is 6. The van der Waals surface area contributed by atoms with E-state index >= 15 is 0 Å². The van der Waals surface area contributed by atoms with Crippen LogP contribution in [0.1, 0.15) is 29.8 Å². The van der Waals surface area contributed by atoms with Crippen molar-refractivity contribution < 1.29 is 14.4 Å². The number of oxime groups is 1. The molecule has 2 aromatic carbocycles. The fourth-order valence-electron chi connectivity index (χ4n) is 1.96. The SMILES string of the molecule is CO/N=C/c1ccc(C(=O)Nc2ccc(NC(=O)C(C)C)cc2)cc1. The van der Waals surface area contributed by atoms with Crippen molar-refractivity contribution in [1.82, 2.24) is 0 Å². The molecule has 0 saturated heterocycles. The number of nitrogens with one attached hydrogen (secondary N) is 2. The molecule has 2 rings (SSSR count). The van der Waals surface area contributed by atoms with Crippen LogP contribution < -0.4 is 10.6 Å². The minimum absolute atomic E-state index is 0.0473. The first-order valence-electron chi connectivity index (χ1n) is 7.88. The first-order valence-corrected chi connectivity index (χ1v) is 7.88. The van der Waals surface area contributed by atoms with E-state index in [0.29, 0.717) is 16.9 Å². The Balaban J connectivity index is 1.98. The first-order chi connectivity index (χ1) is 12.0. The molecule has 0 atom stereocenters. The fourth-order valence-corrected chi connectivity index (χ4v) is 1.96. The maximum Gasteiger partial charge on any atom is 0.255 e. The molecule has 6 heteroatoms. The van der Waals surface area contributed by atoms with Crippen LogP contribution in [0, 0.1) is 5.92 Å². The zero-order valence-electron chi connectivity index (χ0n) is 14.4. The predicted molar refractivity (Wildman–Crippen MR) is 98.9 cm³/mol. The highest BCUT2D eigenvalue weighted by atomic mass is 16.6. The predicted octanol–water partition coefficient (Wildman–Crippen LogP) is 3.51. The zero-order valence-corrected chi connectivity index (χ0v) is 14.4. The number of nitrogens with zero attached hydrogens (tertiary/aromatic N) is 1. The lowest BCUT2D eigenvalue weighted by molar-refractivity contribution is -0.118. The molecule has 0 heterocycles. The van der Waals surface area contributed by atoms with E-state index in [4.69, 9.17) is 0 Å². The highest BCUT2D eigenvalue weighted by Crippen LogP contribution is 2.15. The summed E-state index contributed by atoms with van der Waals surface area (Å²) in [6.07, 6.45) is 1.56. The minimum Gasteiger partial charge on any atom is -0.399 e. The summed E-state index contributed by atoms with van der Waals surface area (Å²) < 4.78 is 0. The number of hydrogen-bond donors (Lipinski definition) is 2. The molecule has 0 unspecified atom stereocenters. The summed E-state index contributed by atoms with van der Waals surface area (Å²) in [5.74, 6) is -0.348. The van der Waals surface area contributed by atoms with Crippen LogP contribution in [0.4, 0.5) is 11.4 Å². The zero-order chi connectivity index (χ0) is 18.2. The van der Waals surface area contributed by atoms with E-state index in [1.807, 2.05) is 13.8 Å². The molecule has 0 aliphatic rings. The standard InChI is InChI=1S/C19H21N3O3/c1-13(2)18(23)21-16-8-10-17(11-9-16)22-19(24)15-6-4-14(5-7-15)12-20-25-3/h4-13H,1-3H3,(H,21,23)(H,22,24)/b20-12+. The van der Waals surface area contributed by atoms with Crippen LogP contribution in [-0.2, 0) is 9.63 Å². The van der Waals surface area contributed by atoms with E-state index in [-0.39, 0.29) is 17.7 Å². The van der Waals surface area contributed by atoms with Crippen molar-refractivity contribution in [2.75, 3.05) is 17.7 Å². The molecule has 0 aliphatic heterocycles. The number of carbonyl (C=O) groups is 2. The average molecular weight is 339 g/mol. The summed E-state index contributed by atoms with van der Waals surface area (Å²) in [5.41, 5.74) is 2.71. The van der Waals surface area contributed by atoms with Gasteiger partial charge in [0.05, 0.1) is 6.21 Å². The van der Waals surface area contributed by atoms with Crippen LogP contribution in [0.2, 0.25) is 0 Å². The van der Waals surface area contributed by atoms with Crippen LogP contribution in [-0.4, -0.2) is 25.1 Å². The molecule has 25 heavy (non-hydrogen) atoms. The number of amides is 2. The number of anilines is 2. The van der Waals surface area contributed by atoms with Gasteiger partial charge >= 0.3 is 0 Å². The van der Waals surface area contributed by atoms with Crippen LogP contribution >= 0.6 is 0 Å². The summed E-state index contributed by atoms with van der Waals surface area (Å²) in [5, 5.41) is 9.28.